The molecule has 1 aliphatic rings. The highest BCUT2D eigenvalue weighted by Gasteiger charge is 2.38. The van der Waals surface area contributed by atoms with Gasteiger partial charge in [-0.25, -0.2) is 0 Å². The predicted octanol–water partition coefficient (Wildman–Crippen LogP) is 5.91. The highest BCUT2D eigenvalue weighted by atomic mass is 16.6. The molecule has 0 radical (unpaired) electrons. The topological polar surface area (TPSA) is 83.8 Å². The van der Waals surface area contributed by atoms with Gasteiger partial charge in [-0.3, -0.25) is 19.7 Å². The first-order chi connectivity index (χ1) is 16.4. The Morgan fingerprint density at radius 3 is 2.44 bits per heavy atom. The van der Waals surface area contributed by atoms with Gasteiger partial charge in [-0.1, -0.05) is 49.4 Å². The molecule has 7 nitrogen and oxygen atoms in total. The summed E-state index contributed by atoms with van der Waals surface area (Å²) in [6.45, 7) is 3.96. The second-order valence-corrected chi connectivity index (χ2v) is 8.49. The molecule has 0 N–H and O–H groups in total. The number of carbonyl (C=O) groups is 2. The van der Waals surface area contributed by atoms with E-state index >= 15 is 0 Å². The summed E-state index contributed by atoms with van der Waals surface area (Å²) in [6.07, 6.45) is 1.70. The van der Waals surface area contributed by atoms with E-state index in [1.54, 1.807) is 41.3 Å². The van der Waals surface area contributed by atoms with Gasteiger partial charge in [0.1, 0.15) is 0 Å². The summed E-state index contributed by atoms with van der Waals surface area (Å²) in [5.74, 6) is -0.196. The summed E-state index contributed by atoms with van der Waals surface area (Å²) in [7, 11) is 0. The highest BCUT2D eigenvalue weighted by molar-refractivity contribution is 6.07. The molecule has 2 atom stereocenters. The van der Waals surface area contributed by atoms with Gasteiger partial charge in [-0.15, -0.1) is 0 Å². The van der Waals surface area contributed by atoms with Crippen LogP contribution in [0, 0.1) is 10.1 Å². The van der Waals surface area contributed by atoms with E-state index in [0.29, 0.717) is 24.1 Å². The van der Waals surface area contributed by atoms with Gasteiger partial charge < -0.3 is 9.80 Å². The van der Waals surface area contributed by atoms with E-state index < -0.39 is 11.0 Å². The quantitative estimate of drug-likeness (QED) is 0.340. The average Bonchev–Trinajstić information content (AvgIpc) is 2.85. The number of nitrogens with zero attached hydrogens (tertiary/aromatic N) is 3. The molecule has 0 aliphatic carbocycles. The van der Waals surface area contributed by atoms with E-state index in [0.717, 1.165) is 17.7 Å². The summed E-state index contributed by atoms with van der Waals surface area (Å²) >= 11 is 0. The van der Waals surface area contributed by atoms with Crippen LogP contribution in [0.2, 0.25) is 0 Å². The molecule has 0 bridgehead atoms. The average molecular weight is 458 g/mol. The minimum absolute atomic E-state index is 0.0529. The van der Waals surface area contributed by atoms with Crippen LogP contribution in [0.5, 0.6) is 0 Å². The van der Waals surface area contributed by atoms with Crippen LogP contribution in [0.3, 0.4) is 0 Å². The Balaban J connectivity index is 1.87. The molecule has 34 heavy (non-hydrogen) atoms. The van der Waals surface area contributed by atoms with Gasteiger partial charge >= 0.3 is 0 Å². The van der Waals surface area contributed by atoms with Crippen LogP contribution >= 0.6 is 0 Å². The monoisotopic (exact) mass is 457 g/mol. The van der Waals surface area contributed by atoms with Crippen molar-refractivity contribution < 1.29 is 14.5 Å². The Kier molecular flexibility index (Phi) is 6.72. The molecule has 3 aromatic rings. The number of rotatable bonds is 6. The molecule has 0 aromatic heterocycles. The highest BCUT2D eigenvalue weighted by Crippen LogP contribution is 2.43. The number of para-hydroxylation sites is 1. The van der Waals surface area contributed by atoms with Crippen molar-refractivity contribution in [1.29, 1.82) is 0 Å². The van der Waals surface area contributed by atoms with Crippen LogP contribution in [-0.4, -0.2) is 22.8 Å². The second-order valence-electron chi connectivity index (χ2n) is 8.49. The Hall–Kier alpha value is -4.00. The smallest absolute Gasteiger partial charge is 0.271 e. The normalized spacial score (nSPS) is 17.1. The third-order valence-electron chi connectivity index (χ3n) is 6.16. The molecule has 7 heteroatoms. The number of hydrogen-bond acceptors (Lipinski definition) is 4. The van der Waals surface area contributed by atoms with Crippen molar-refractivity contribution in [3.63, 3.8) is 0 Å². The number of hydrogen-bond donors (Lipinski definition) is 0. The molecule has 1 aliphatic heterocycles. The van der Waals surface area contributed by atoms with Gasteiger partial charge in [-0.05, 0) is 49.6 Å². The van der Waals surface area contributed by atoms with Crippen molar-refractivity contribution in [2.75, 3.05) is 9.80 Å². The standard InChI is InChI=1S/C27H27N3O4/c1-3-10-26(31)28-19(2)17-25(23-15-7-8-16-24(23)28)29(27(32)20-11-5-4-6-12-20)21-13-9-14-22(18-21)30(33)34/h4-9,11-16,18-19,25H,3,10,17H2,1-2H3. The molecule has 2 amide bonds. The van der Waals surface area contributed by atoms with Crippen LogP contribution in [0.15, 0.2) is 78.9 Å². The number of fused-ring (bicyclic) bond motifs is 1. The Labute approximate surface area is 198 Å². The van der Waals surface area contributed by atoms with Gasteiger partial charge in [0.25, 0.3) is 11.6 Å². The number of carbonyl (C=O) groups excluding carboxylic acids is 2. The maximum atomic E-state index is 13.8. The zero-order valence-corrected chi connectivity index (χ0v) is 19.3. The molecule has 0 spiro atoms. The molecule has 174 valence electrons. The van der Waals surface area contributed by atoms with Crippen molar-refractivity contribution >= 4 is 28.9 Å². The van der Waals surface area contributed by atoms with Gasteiger partial charge in [0.15, 0.2) is 0 Å². The van der Waals surface area contributed by atoms with Crippen LogP contribution in [0.4, 0.5) is 17.1 Å². The van der Waals surface area contributed by atoms with Crippen molar-refractivity contribution in [1.82, 2.24) is 0 Å². The van der Waals surface area contributed by atoms with E-state index in [2.05, 4.69) is 0 Å². The first-order valence-corrected chi connectivity index (χ1v) is 11.5. The molecule has 4 rings (SSSR count). The molecule has 0 fully saturated rings. The molecule has 3 aromatic carbocycles. The fraction of sp³-hybridized carbons (Fsp3) is 0.259. The lowest BCUT2D eigenvalue weighted by Crippen LogP contribution is -2.47. The van der Waals surface area contributed by atoms with E-state index in [1.807, 2.05) is 49.1 Å². The van der Waals surface area contributed by atoms with Gasteiger partial charge in [0.2, 0.25) is 5.91 Å². The van der Waals surface area contributed by atoms with Crippen LogP contribution in [0.1, 0.15) is 55.1 Å². The fourth-order valence-corrected chi connectivity index (χ4v) is 4.66. The molecule has 0 saturated carbocycles. The lowest BCUT2D eigenvalue weighted by molar-refractivity contribution is -0.384. The number of amides is 2. The third kappa shape index (κ3) is 4.41. The minimum atomic E-state index is -0.461. The van der Waals surface area contributed by atoms with E-state index in [9.17, 15) is 19.7 Å². The van der Waals surface area contributed by atoms with Crippen LogP contribution in [0.25, 0.3) is 0 Å². The predicted molar refractivity (Wildman–Crippen MR) is 132 cm³/mol. The molecule has 0 saturated heterocycles. The lowest BCUT2D eigenvalue weighted by atomic mass is 9.89. The number of benzene rings is 3. The van der Waals surface area contributed by atoms with E-state index in [-0.39, 0.29) is 23.5 Å². The Morgan fingerprint density at radius 1 is 1.03 bits per heavy atom. The van der Waals surface area contributed by atoms with Crippen LogP contribution in [-0.2, 0) is 4.79 Å². The summed E-state index contributed by atoms with van der Waals surface area (Å²) in [4.78, 5) is 41.3. The maximum Gasteiger partial charge on any atom is 0.271 e. The molecule has 2 unspecified atom stereocenters. The van der Waals surface area contributed by atoms with Gasteiger partial charge in [0, 0.05) is 35.8 Å². The Bertz CT molecular complexity index is 1210. The van der Waals surface area contributed by atoms with Crippen LogP contribution < -0.4 is 9.80 Å². The van der Waals surface area contributed by atoms with E-state index in [1.165, 1.54) is 12.1 Å². The molecular formula is C27H27N3O4. The number of nitro groups is 1. The second kappa shape index (κ2) is 9.87. The van der Waals surface area contributed by atoms with Gasteiger partial charge in [-0.2, -0.15) is 0 Å². The van der Waals surface area contributed by atoms with E-state index in [4.69, 9.17) is 0 Å². The molecular weight excluding hydrogens is 430 g/mol. The zero-order valence-electron chi connectivity index (χ0n) is 19.3. The first kappa shape index (κ1) is 23.2. The van der Waals surface area contributed by atoms with Gasteiger partial charge in [0.05, 0.1) is 16.7 Å². The number of nitro benzene ring substituents is 1. The SMILES string of the molecule is CCCC(=O)N1c2ccccc2C(N(C(=O)c2ccccc2)c2cccc([N+](=O)[O-])c2)CC1C. The number of anilines is 2. The van der Waals surface area contributed by atoms with Crippen molar-refractivity contribution in [2.45, 2.75) is 45.2 Å². The number of non-ortho nitro benzene ring substituents is 1. The lowest BCUT2D eigenvalue weighted by Gasteiger charge is -2.43. The largest absolute Gasteiger partial charge is 0.309 e. The van der Waals surface area contributed by atoms with Crippen molar-refractivity contribution in [2.24, 2.45) is 0 Å². The van der Waals surface area contributed by atoms with Crippen molar-refractivity contribution in [3.8, 4) is 0 Å². The summed E-state index contributed by atoms with van der Waals surface area (Å²) in [5, 5.41) is 11.5. The summed E-state index contributed by atoms with van der Waals surface area (Å²) < 4.78 is 0. The van der Waals surface area contributed by atoms with Crippen molar-refractivity contribution in [3.05, 3.63) is 100 Å². The first-order valence-electron chi connectivity index (χ1n) is 11.5. The summed E-state index contributed by atoms with van der Waals surface area (Å²) in [5.41, 5.74) is 2.48. The Morgan fingerprint density at radius 2 is 1.74 bits per heavy atom. The maximum absolute atomic E-state index is 13.8. The third-order valence-corrected chi connectivity index (χ3v) is 6.16. The zero-order chi connectivity index (χ0) is 24.2. The molecule has 1 heterocycles. The summed E-state index contributed by atoms with van der Waals surface area (Å²) in [6, 6.07) is 22.1. The fourth-order valence-electron chi connectivity index (χ4n) is 4.66. The minimum Gasteiger partial charge on any atom is -0.309 e.